The maximum atomic E-state index is 12.5. The zero-order chi connectivity index (χ0) is 17.1. The van der Waals surface area contributed by atoms with Gasteiger partial charge < -0.3 is 10.2 Å². The number of carbonyl (C=O) groups is 2. The van der Waals surface area contributed by atoms with Crippen LogP contribution in [0.4, 0.5) is 0 Å². The van der Waals surface area contributed by atoms with E-state index in [1.807, 2.05) is 15.5 Å². The maximum Gasteiger partial charge on any atom is 0.225 e. The Morgan fingerprint density at radius 1 is 1.42 bits per heavy atom. The van der Waals surface area contributed by atoms with Crippen LogP contribution in [0, 0.1) is 11.8 Å². The molecule has 7 heteroatoms. The third-order valence-electron chi connectivity index (χ3n) is 4.29. The van der Waals surface area contributed by atoms with Crippen molar-refractivity contribution in [2.45, 2.75) is 33.2 Å². The van der Waals surface area contributed by atoms with Crippen LogP contribution in [0.5, 0.6) is 0 Å². The molecular weight excluding hydrogens is 306 g/mol. The minimum Gasteiger partial charge on any atom is -0.350 e. The van der Waals surface area contributed by atoms with E-state index in [4.69, 9.17) is 0 Å². The fourth-order valence-electron chi connectivity index (χ4n) is 3.09. The summed E-state index contributed by atoms with van der Waals surface area (Å²) in [6, 6.07) is 0. The van der Waals surface area contributed by atoms with E-state index >= 15 is 0 Å². The number of amides is 2. The number of fused-ring (bicyclic) bond motifs is 1. The summed E-state index contributed by atoms with van der Waals surface area (Å²) in [7, 11) is 0. The molecule has 0 saturated carbocycles. The standard InChI is InChI=1S/C17H23N5O2/c1-12(2)10-21-11-13(3-4-16(21)23)17(24)20-8-14-7-19-15-9-18-5-6-22(14)15/h5-7,9,12-13H,3-4,8,10-11H2,1-2H3,(H,20,24). The number of aromatic nitrogens is 3. The fourth-order valence-corrected chi connectivity index (χ4v) is 3.09. The average molecular weight is 329 g/mol. The first-order chi connectivity index (χ1) is 11.5. The van der Waals surface area contributed by atoms with Gasteiger partial charge in [-0.3, -0.25) is 19.0 Å². The van der Waals surface area contributed by atoms with Crippen molar-refractivity contribution in [2.24, 2.45) is 11.8 Å². The zero-order valence-electron chi connectivity index (χ0n) is 14.1. The molecule has 1 fully saturated rings. The lowest BCUT2D eigenvalue weighted by molar-refractivity contribution is -0.138. The number of hydrogen-bond acceptors (Lipinski definition) is 4. The molecule has 1 aliphatic rings. The molecule has 0 spiro atoms. The smallest absolute Gasteiger partial charge is 0.225 e. The maximum absolute atomic E-state index is 12.5. The van der Waals surface area contributed by atoms with Crippen LogP contribution in [0.1, 0.15) is 32.4 Å². The van der Waals surface area contributed by atoms with Gasteiger partial charge in [0.1, 0.15) is 0 Å². The van der Waals surface area contributed by atoms with E-state index in [2.05, 4.69) is 29.1 Å². The van der Waals surface area contributed by atoms with Gasteiger partial charge in [0.05, 0.1) is 30.6 Å². The van der Waals surface area contributed by atoms with E-state index in [1.165, 1.54) is 0 Å². The Labute approximate surface area is 141 Å². The molecular formula is C17H23N5O2. The van der Waals surface area contributed by atoms with Crippen LogP contribution in [0.2, 0.25) is 0 Å². The van der Waals surface area contributed by atoms with E-state index in [0.717, 1.165) is 11.3 Å². The summed E-state index contributed by atoms with van der Waals surface area (Å²) in [5, 5.41) is 2.98. The monoisotopic (exact) mass is 329 g/mol. The van der Waals surface area contributed by atoms with E-state index in [9.17, 15) is 9.59 Å². The van der Waals surface area contributed by atoms with Crippen LogP contribution in [-0.2, 0) is 16.1 Å². The van der Waals surface area contributed by atoms with Gasteiger partial charge in [-0.25, -0.2) is 4.98 Å². The van der Waals surface area contributed by atoms with Gasteiger partial charge in [-0.1, -0.05) is 13.8 Å². The van der Waals surface area contributed by atoms with Gasteiger partial charge in [-0.15, -0.1) is 0 Å². The molecule has 2 aromatic rings. The number of hydrogen-bond donors (Lipinski definition) is 1. The van der Waals surface area contributed by atoms with Gasteiger partial charge in [0.25, 0.3) is 0 Å². The van der Waals surface area contributed by atoms with Crippen molar-refractivity contribution in [1.82, 2.24) is 24.6 Å². The predicted octanol–water partition coefficient (Wildman–Crippen LogP) is 1.24. The van der Waals surface area contributed by atoms with Gasteiger partial charge >= 0.3 is 0 Å². The SMILES string of the molecule is CC(C)CN1CC(C(=O)NCc2cnc3cnccn23)CCC1=O. The third-order valence-corrected chi connectivity index (χ3v) is 4.29. The van der Waals surface area contributed by atoms with Crippen LogP contribution in [0.3, 0.4) is 0 Å². The molecule has 0 bridgehead atoms. The summed E-state index contributed by atoms with van der Waals surface area (Å²) in [5.74, 6) is 0.423. The topological polar surface area (TPSA) is 79.6 Å². The number of imidazole rings is 1. The lowest BCUT2D eigenvalue weighted by Crippen LogP contribution is -2.46. The minimum absolute atomic E-state index is 0.000243. The normalized spacial score (nSPS) is 18.4. The number of nitrogens with zero attached hydrogens (tertiary/aromatic N) is 4. The highest BCUT2D eigenvalue weighted by Gasteiger charge is 2.30. The van der Waals surface area contributed by atoms with Crippen molar-refractivity contribution in [2.75, 3.05) is 13.1 Å². The zero-order valence-corrected chi connectivity index (χ0v) is 14.1. The molecule has 1 N–H and O–H groups in total. The first-order valence-electron chi connectivity index (χ1n) is 8.36. The van der Waals surface area contributed by atoms with Crippen molar-refractivity contribution < 1.29 is 9.59 Å². The summed E-state index contributed by atoms with van der Waals surface area (Å²) < 4.78 is 1.91. The molecule has 0 aromatic carbocycles. The third kappa shape index (κ3) is 3.55. The summed E-state index contributed by atoms with van der Waals surface area (Å²) in [5.41, 5.74) is 1.67. The first-order valence-corrected chi connectivity index (χ1v) is 8.36. The van der Waals surface area contributed by atoms with Crippen molar-refractivity contribution in [3.63, 3.8) is 0 Å². The number of nitrogens with one attached hydrogen (secondary N) is 1. The molecule has 1 atom stereocenters. The Morgan fingerprint density at radius 3 is 3.04 bits per heavy atom. The lowest BCUT2D eigenvalue weighted by atomic mass is 9.96. The van der Waals surface area contributed by atoms with Gasteiger partial charge in [0.2, 0.25) is 11.8 Å². The minimum atomic E-state index is -0.137. The Kier molecular flexibility index (Phi) is 4.78. The summed E-state index contributed by atoms with van der Waals surface area (Å²) in [4.78, 5) is 34.5. The average Bonchev–Trinajstić information content (AvgIpc) is 2.97. The Bertz CT molecular complexity index is 739. The van der Waals surface area contributed by atoms with Gasteiger partial charge in [-0.2, -0.15) is 0 Å². The molecule has 0 aliphatic carbocycles. The highest BCUT2D eigenvalue weighted by Crippen LogP contribution is 2.19. The van der Waals surface area contributed by atoms with Crippen molar-refractivity contribution in [1.29, 1.82) is 0 Å². The highest BCUT2D eigenvalue weighted by atomic mass is 16.2. The lowest BCUT2D eigenvalue weighted by Gasteiger charge is -2.33. The Morgan fingerprint density at radius 2 is 2.25 bits per heavy atom. The molecule has 2 aromatic heterocycles. The van der Waals surface area contributed by atoms with Crippen LogP contribution in [0.25, 0.3) is 5.65 Å². The van der Waals surface area contributed by atoms with E-state index < -0.39 is 0 Å². The summed E-state index contributed by atoms with van der Waals surface area (Å²) >= 11 is 0. The summed E-state index contributed by atoms with van der Waals surface area (Å²) in [6.45, 7) is 5.80. The second kappa shape index (κ2) is 6.98. The molecule has 3 rings (SSSR count). The molecule has 1 saturated heterocycles. The molecule has 128 valence electrons. The molecule has 7 nitrogen and oxygen atoms in total. The van der Waals surface area contributed by atoms with E-state index in [1.54, 1.807) is 18.6 Å². The Balaban J connectivity index is 1.59. The summed E-state index contributed by atoms with van der Waals surface area (Å²) in [6.07, 6.45) is 8.01. The van der Waals surface area contributed by atoms with Crippen LogP contribution in [-0.4, -0.2) is 44.2 Å². The van der Waals surface area contributed by atoms with Gasteiger partial charge in [0, 0.05) is 31.9 Å². The Hall–Kier alpha value is -2.44. The van der Waals surface area contributed by atoms with Gasteiger partial charge in [0.15, 0.2) is 5.65 Å². The van der Waals surface area contributed by atoms with Crippen LogP contribution in [0.15, 0.2) is 24.8 Å². The number of rotatable bonds is 5. The molecule has 1 aliphatic heterocycles. The molecule has 24 heavy (non-hydrogen) atoms. The van der Waals surface area contributed by atoms with Gasteiger partial charge in [-0.05, 0) is 12.3 Å². The largest absolute Gasteiger partial charge is 0.350 e. The van der Waals surface area contributed by atoms with Crippen LogP contribution >= 0.6 is 0 Å². The van der Waals surface area contributed by atoms with Crippen molar-refractivity contribution in [3.8, 4) is 0 Å². The number of piperidine rings is 1. The van der Waals surface area contributed by atoms with Crippen molar-refractivity contribution in [3.05, 3.63) is 30.5 Å². The number of likely N-dealkylation sites (tertiary alicyclic amines) is 1. The van der Waals surface area contributed by atoms with Crippen molar-refractivity contribution >= 4 is 17.5 Å². The molecule has 3 heterocycles. The second-order valence-corrected chi connectivity index (χ2v) is 6.70. The molecule has 1 unspecified atom stereocenters. The van der Waals surface area contributed by atoms with Crippen LogP contribution < -0.4 is 5.32 Å². The molecule has 2 amide bonds. The van der Waals surface area contributed by atoms with E-state index in [0.29, 0.717) is 38.4 Å². The van der Waals surface area contributed by atoms with E-state index in [-0.39, 0.29) is 17.7 Å². The fraction of sp³-hybridized carbons (Fsp3) is 0.529. The first kappa shape index (κ1) is 16.4. The second-order valence-electron chi connectivity index (χ2n) is 6.70. The predicted molar refractivity (Wildman–Crippen MR) is 89.0 cm³/mol. The quantitative estimate of drug-likeness (QED) is 0.895. The number of carbonyl (C=O) groups excluding carboxylic acids is 2. The highest BCUT2D eigenvalue weighted by molar-refractivity contribution is 5.83. The molecule has 0 radical (unpaired) electrons.